The third-order valence-corrected chi connectivity index (χ3v) is 8.58. The number of rotatable bonds is 6. The van der Waals surface area contributed by atoms with Crippen molar-refractivity contribution in [1.29, 1.82) is 0 Å². The molecule has 4 aliphatic heterocycles. The molecule has 0 bridgehead atoms. The van der Waals surface area contributed by atoms with Gasteiger partial charge in [-0.1, -0.05) is 48.5 Å². The van der Waals surface area contributed by atoms with Crippen molar-refractivity contribution in [2.45, 2.75) is 19.1 Å². The normalized spacial score (nSPS) is 19.1. The molecule has 224 valence electrons. The van der Waals surface area contributed by atoms with Crippen molar-refractivity contribution in [3.63, 3.8) is 0 Å². The Morgan fingerprint density at radius 2 is 1.80 bits per heavy atom. The molecule has 45 heavy (non-hydrogen) atoms. The van der Waals surface area contributed by atoms with E-state index in [0.29, 0.717) is 67.7 Å². The number of nitrogens with zero attached hydrogens (tertiary/aromatic N) is 5. The molecular weight excluding hydrogens is 572 g/mol. The predicted octanol–water partition coefficient (Wildman–Crippen LogP) is 2.89. The number of benzene rings is 2. The average Bonchev–Trinajstić information content (AvgIpc) is 3.71. The number of nitrogens with one attached hydrogen (secondary N) is 1. The number of carbonyl (C=O) groups is 3. The number of pyridine rings is 1. The zero-order chi connectivity index (χ0) is 30.5. The van der Waals surface area contributed by atoms with E-state index >= 15 is 0 Å². The molecule has 6 heterocycles. The van der Waals surface area contributed by atoms with Crippen molar-refractivity contribution in [1.82, 2.24) is 19.6 Å². The number of aromatic nitrogens is 2. The molecule has 2 aromatic heterocycles. The maximum absolute atomic E-state index is 13.6. The van der Waals surface area contributed by atoms with E-state index in [-0.39, 0.29) is 17.1 Å². The number of carbonyl (C=O) groups excluding carboxylic acids is 3. The van der Waals surface area contributed by atoms with Gasteiger partial charge in [0.1, 0.15) is 12.6 Å². The summed E-state index contributed by atoms with van der Waals surface area (Å²) in [5, 5.41) is 2.48. The third-order valence-electron chi connectivity index (χ3n) is 8.58. The van der Waals surface area contributed by atoms with Crippen molar-refractivity contribution in [3.05, 3.63) is 113 Å². The van der Waals surface area contributed by atoms with E-state index in [1.54, 1.807) is 29.2 Å². The number of imidazole rings is 1. The molecule has 1 N–H and O–H groups in total. The first-order chi connectivity index (χ1) is 22.1. The molecule has 1 saturated heterocycles. The Kier molecular flexibility index (Phi) is 6.53. The lowest BCUT2D eigenvalue weighted by atomic mass is 9.94. The highest BCUT2D eigenvalue weighted by molar-refractivity contribution is 6.47. The van der Waals surface area contributed by atoms with Gasteiger partial charge in [-0.3, -0.25) is 29.1 Å². The highest BCUT2D eigenvalue weighted by Crippen LogP contribution is 2.40. The first-order valence-electron chi connectivity index (χ1n) is 14.8. The fraction of sp³-hybridized carbons (Fsp3) is 0.206. The molecule has 4 aromatic rings. The standard InChI is InChI=1S/C34H28N6O5/c41-32-27(25-19-36-31-26(10-5-12-40(25)31)45-20-21-6-2-1-3-7-21)28(33(42)37-32)29-23-9-4-8-22-18-24(39(30(22)23)13-11-35-29)34(43)38-14-16-44-17-15-38/h1-13,19,24H,14-18,20H2,(H,37,41,42). The van der Waals surface area contributed by atoms with Gasteiger partial charge in [-0.2, -0.15) is 0 Å². The lowest BCUT2D eigenvalue weighted by Gasteiger charge is -2.32. The summed E-state index contributed by atoms with van der Waals surface area (Å²) in [6.07, 6.45) is 7.25. The van der Waals surface area contributed by atoms with Crippen LogP contribution < -0.4 is 15.0 Å². The van der Waals surface area contributed by atoms with Gasteiger partial charge in [0.15, 0.2) is 11.4 Å². The molecule has 8 rings (SSSR count). The molecule has 0 radical (unpaired) electrons. The van der Waals surface area contributed by atoms with Crippen LogP contribution in [0.2, 0.25) is 0 Å². The van der Waals surface area contributed by atoms with Gasteiger partial charge >= 0.3 is 0 Å². The molecule has 2 aromatic carbocycles. The molecule has 1 unspecified atom stereocenters. The monoisotopic (exact) mass is 600 g/mol. The van der Waals surface area contributed by atoms with Crippen LogP contribution in [0.15, 0.2) is 96.0 Å². The van der Waals surface area contributed by atoms with Gasteiger partial charge in [0.2, 0.25) is 5.91 Å². The minimum absolute atomic E-state index is 0.0262. The summed E-state index contributed by atoms with van der Waals surface area (Å²) >= 11 is 0. The highest BCUT2D eigenvalue weighted by atomic mass is 16.5. The fourth-order valence-electron chi connectivity index (χ4n) is 6.49. The second-order valence-corrected chi connectivity index (χ2v) is 11.2. The lowest BCUT2D eigenvalue weighted by Crippen LogP contribution is -2.49. The van der Waals surface area contributed by atoms with Gasteiger partial charge in [0, 0.05) is 43.7 Å². The van der Waals surface area contributed by atoms with Crippen molar-refractivity contribution in [2.75, 3.05) is 31.2 Å². The van der Waals surface area contributed by atoms with E-state index in [9.17, 15) is 14.4 Å². The first-order valence-corrected chi connectivity index (χ1v) is 14.8. The number of hydrogen-bond acceptors (Lipinski definition) is 8. The smallest absolute Gasteiger partial charge is 0.261 e. The second kappa shape index (κ2) is 10.9. The van der Waals surface area contributed by atoms with E-state index in [1.165, 1.54) is 0 Å². The van der Waals surface area contributed by atoms with E-state index in [2.05, 4.69) is 10.3 Å². The third kappa shape index (κ3) is 4.51. The average molecular weight is 601 g/mol. The van der Waals surface area contributed by atoms with Crippen LogP contribution in [-0.2, 0) is 32.1 Å². The SMILES string of the molecule is O=C1NC(=O)C(c2cnc3c(OCc4ccccc4)cccn23)=C1C1=NC=CN2c3c(cccc31)CC2C(=O)N1CCOCC1. The summed E-state index contributed by atoms with van der Waals surface area (Å²) < 4.78 is 13.3. The Morgan fingerprint density at radius 1 is 0.978 bits per heavy atom. The van der Waals surface area contributed by atoms with Gasteiger partial charge in [-0.15, -0.1) is 0 Å². The maximum atomic E-state index is 13.6. The first kappa shape index (κ1) is 27.0. The van der Waals surface area contributed by atoms with Crippen molar-refractivity contribution < 1.29 is 23.9 Å². The van der Waals surface area contributed by atoms with Crippen molar-refractivity contribution >= 4 is 40.3 Å². The van der Waals surface area contributed by atoms with Gasteiger partial charge in [-0.25, -0.2) is 4.98 Å². The molecule has 3 amide bonds. The van der Waals surface area contributed by atoms with Crippen LogP contribution in [-0.4, -0.2) is 70.1 Å². The molecule has 11 heteroatoms. The summed E-state index contributed by atoms with van der Waals surface area (Å²) in [6.45, 7) is 2.49. The van der Waals surface area contributed by atoms with Crippen LogP contribution in [0.25, 0.3) is 11.2 Å². The second-order valence-electron chi connectivity index (χ2n) is 11.2. The topological polar surface area (TPSA) is 118 Å². The number of hydrogen-bond donors (Lipinski definition) is 1. The summed E-state index contributed by atoms with van der Waals surface area (Å²) in [7, 11) is 0. The summed E-state index contributed by atoms with van der Waals surface area (Å²) in [5.41, 5.74) is 5.10. The zero-order valence-corrected chi connectivity index (χ0v) is 24.2. The number of aliphatic imine (C=N–C) groups is 1. The lowest BCUT2D eigenvalue weighted by molar-refractivity contribution is -0.136. The van der Waals surface area contributed by atoms with E-state index < -0.39 is 17.9 Å². The summed E-state index contributed by atoms with van der Waals surface area (Å²) in [5.74, 6) is -0.508. The van der Waals surface area contributed by atoms with Crippen molar-refractivity contribution in [3.8, 4) is 5.75 Å². The molecule has 0 saturated carbocycles. The van der Waals surface area contributed by atoms with Crippen LogP contribution in [0.3, 0.4) is 0 Å². The largest absolute Gasteiger partial charge is 0.485 e. The number of morpholine rings is 1. The molecule has 1 atom stereocenters. The van der Waals surface area contributed by atoms with Gasteiger partial charge in [0.25, 0.3) is 11.8 Å². The Bertz CT molecular complexity index is 1970. The molecular formula is C34H28N6O5. The molecule has 0 aliphatic carbocycles. The highest BCUT2D eigenvalue weighted by Gasteiger charge is 2.42. The van der Waals surface area contributed by atoms with Crippen molar-refractivity contribution in [2.24, 2.45) is 4.99 Å². The van der Waals surface area contributed by atoms with Crippen LogP contribution in [0.4, 0.5) is 5.69 Å². The Morgan fingerprint density at radius 3 is 2.64 bits per heavy atom. The number of para-hydroxylation sites is 1. The van der Waals surface area contributed by atoms with Crippen LogP contribution >= 0.6 is 0 Å². The number of fused-ring (bicyclic) bond motifs is 1. The molecule has 4 aliphatic rings. The Hall–Kier alpha value is -5.55. The molecule has 0 spiro atoms. The Balaban J connectivity index is 1.19. The molecule has 11 nitrogen and oxygen atoms in total. The minimum atomic E-state index is -0.543. The number of imide groups is 1. The maximum Gasteiger partial charge on any atom is 0.261 e. The number of ether oxygens (including phenoxy) is 2. The fourth-order valence-corrected chi connectivity index (χ4v) is 6.49. The van der Waals surface area contributed by atoms with E-state index in [4.69, 9.17) is 14.5 Å². The quantitative estimate of drug-likeness (QED) is 0.338. The van der Waals surface area contributed by atoms with Crippen LogP contribution in [0.1, 0.15) is 22.4 Å². The zero-order valence-electron chi connectivity index (χ0n) is 24.2. The van der Waals surface area contributed by atoms with Crippen LogP contribution in [0, 0.1) is 0 Å². The van der Waals surface area contributed by atoms with E-state index in [0.717, 1.165) is 16.8 Å². The minimum Gasteiger partial charge on any atom is -0.485 e. The molecule has 1 fully saturated rings. The van der Waals surface area contributed by atoms with Gasteiger partial charge in [-0.05, 0) is 23.3 Å². The predicted molar refractivity (Wildman–Crippen MR) is 166 cm³/mol. The Labute approximate surface area is 258 Å². The number of anilines is 1. The van der Waals surface area contributed by atoms with Crippen LogP contribution in [0.5, 0.6) is 5.75 Å². The van der Waals surface area contributed by atoms with E-state index in [1.807, 2.05) is 70.5 Å². The summed E-state index contributed by atoms with van der Waals surface area (Å²) in [6, 6.07) is 18.8. The summed E-state index contributed by atoms with van der Waals surface area (Å²) in [4.78, 5) is 53.6. The number of amides is 3. The van der Waals surface area contributed by atoms with Gasteiger partial charge < -0.3 is 19.3 Å². The van der Waals surface area contributed by atoms with Gasteiger partial charge in [0.05, 0.1) is 47.6 Å².